The molecule has 180 valence electrons. The van der Waals surface area contributed by atoms with Gasteiger partial charge in [0.15, 0.2) is 34.7 Å². The first-order valence-corrected chi connectivity index (χ1v) is 11.9. The molecule has 9 heteroatoms. The summed E-state index contributed by atoms with van der Waals surface area (Å²) in [7, 11) is 0. The van der Waals surface area contributed by atoms with Gasteiger partial charge >= 0.3 is 0 Å². The number of hydrogen-bond donors (Lipinski definition) is 3. The predicted octanol–water partition coefficient (Wildman–Crippen LogP) is 0.313. The molecule has 1 amide bonds. The highest BCUT2D eigenvalue weighted by Gasteiger charge is 2.66. The maximum absolute atomic E-state index is 13.6. The fourth-order valence-corrected chi connectivity index (χ4v) is 6.47. The molecular formula is C25H28N2O7. The normalized spacial score (nSPS) is 33.8. The van der Waals surface area contributed by atoms with E-state index in [4.69, 9.17) is 5.73 Å². The summed E-state index contributed by atoms with van der Waals surface area (Å²) in [4.78, 5) is 66.3. The van der Waals surface area contributed by atoms with Gasteiger partial charge in [-0.2, -0.15) is 0 Å². The third-order valence-electron chi connectivity index (χ3n) is 8.20. The Morgan fingerprint density at radius 3 is 2.44 bits per heavy atom. The van der Waals surface area contributed by atoms with Gasteiger partial charge in [0.2, 0.25) is 5.91 Å². The number of phenolic OH excluding ortho intramolecular Hbond substituents is 1. The number of fused-ring (bicyclic) bond motifs is 3. The molecule has 3 fully saturated rings. The number of aliphatic hydroxyl groups is 1. The average Bonchev–Trinajstić information content (AvgIpc) is 2.78. The molecule has 3 aliphatic carbocycles. The number of Topliss-reactive ketones (excluding diaryl/α,β-unsaturated/α-hetero) is 4. The third-order valence-corrected chi connectivity index (χ3v) is 8.20. The Hall–Kier alpha value is -2.91. The van der Waals surface area contributed by atoms with Crippen molar-refractivity contribution in [1.82, 2.24) is 4.90 Å². The Labute approximate surface area is 196 Å². The Bertz CT molecular complexity index is 1120. The van der Waals surface area contributed by atoms with E-state index in [1.165, 1.54) is 6.42 Å². The van der Waals surface area contributed by atoms with Crippen LogP contribution in [0.5, 0.6) is 5.75 Å². The van der Waals surface area contributed by atoms with Gasteiger partial charge in [0, 0.05) is 24.4 Å². The first-order valence-electron chi connectivity index (χ1n) is 11.9. The van der Waals surface area contributed by atoms with E-state index in [1.807, 2.05) is 6.07 Å². The minimum atomic E-state index is -2.61. The number of amides is 1. The number of likely N-dealkylation sites (tertiary alicyclic amines) is 1. The highest BCUT2D eigenvalue weighted by Crippen LogP contribution is 2.50. The zero-order valence-corrected chi connectivity index (χ0v) is 18.8. The van der Waals surface area contributed by atoms with Crippen molar-refractivity contribution in [3.05, 3.63) is 28.8 Å². The van der Waals surface area contributed by atoms with E-state index in [0.29, 0.717) is 24.1 Å². The summed E-state index contributed by atoms with van der Waals surface area (Å²) in [6.45, 7) is 2.30. The standard InChI is InChI=1S/C25H28N2O7/c26-24(33)19-16(28)10-15-9-14-8-12-4-5-13(11-27-6-2-1-3-7-27)20(29)17(12)21(30)18(14)22(31)25(15,34)23(19)32/h4-5,14-15,18-19,29,34H,1-3,6-11H2,(H2,26,33)/t14-,15-,18?,19?,25-/m0/s1. The van der Waals surface area contributed by atoms with Crippen LogP contribution in [0.4, 0.5) is 0 Å². The molecule has 4 N–H and O–H groups in total. The summed E-state index contributed by atoms with van der Waals surface area (Å²) in [6, 6.07) is 3.61. The van der Waals surface area contributed by atoms with Crippen LogP contribution in [0, 0.1) is 23.7 Å². The summed E-state index contributed by atoms with van der Waals surface area (Å²) >= 11 is 0. The van der Waals surface area contributed by atoms with Crippen molar-refractivity contribution in [2.75, 3.05) is 13.1 Å². The Kier molecular flexibility index (Phi) is 5.44. The first-order chi connectivity index (χ1) is 16.1. The molecule has 1 aromatic carbocycles. The fraction of sp³-hybridized carbons (Fsp3) is 0.560. The second-order valence-electron chi connectivity index (χ2n) is 10.2. The Balaban J connectivity index is 1.49. The van der Waals surface area contributed by atoms with Gasteiger partial charge in [-0.3, -0.25) is 28.9 Å². The number of hydrogen-bond acceptors (Lipinski definition) is 8. The van der Waals surface area contributed by atoms with Gasteiger partial charge in [-0.25, -0.2) is 0 Å². The lowest BCUT2D eigenvalue weighted by atomic mass is 9.54. The van der Waals surface area contributed by atoms with Crippen LogP contribution in [-0.4, -0.2) is 62.8 Å². The highest BCUT2D eigenvalue weighted by atomic mass is 16.3. The molecule has 2 saturated carbocycles. The van der Waals surface area contributed by atoms with E-state index in [2.05, 4.69) is 4.90 Å². The third kappa shape index (κ3) is 3.25. The van der Waals surface area contributed by atoms with Crippen LogP contribution in [0.25, 0.3) is 0 Å². The van der Waals surface area contributed by atoms with Crippen molar-refractivity contribution < 1.29 is 34.2 Å². The van der Waals surface area contributed by atoms with Gasteiger partial charge < -0.3 is 15.9 Å². The summed E-state index contributed by atoms with van der Waals surface area (Å²) in [5.74, 6) is -9.64. The molecule has 0 spiro atoms. The molecule has 1 aromatic rings. The fourth-order valence-electron chi connectivity index (χ4n) is 6.47. The number of carbonyl (C=O) groups is 5. The van der Waals surface area contributed by atoms with Crippen LogP contribution in [0.15, 0.2) is 12.1 Å². The lowest BCUT2D eigenvalue weighted by molar-refractivity contribution is -0.175. The van der Waals surface area contributed by atoms with Gasteiger partial charge in [-0.05, 0) is 50.3 Å². The van der Waals surface area contributed by atoms with Crippen LogP contribution in [0.3, 0.4) is 0 Å². The van der Waals surface area contributed by atoms with E-state index in [1.54, 1.807) is 6.07 Å². The number of carbonyl (C=O) groups excluding carboxylic acids is 5. The molecule has 5 rings (SSSR count). The quantitative estimate of drug-likeness (QED) is 0.536. The summed E-state index contributed by atoms with van der Waals surface area (Å²) in [5.41, 5.74) is 3.88. The van der Waals surface area contributed by atoms with Crippen molar-refractivity contribution >= 4 is 29.0 Å². The van der Waals surface area contributed by atoms with Gasteiger partial charge in [0.25, 0.3) is 0 Å². The number of ketones is 4. The molecule has 0 bridgehead atoms. The molecule has 34 heavy (non-hydrogen) atoms. The minimum absolute atomic E-state index is 0.0666. The first kappa shape index (κ1) is 22.9. The lowest BCUT2D eigenvalue weighted by Crippen LogP contribution is -2.68. The highest BCUT2D eigenvalue weighted by molar-refractivity contribution is 6.31. The van der Waals surface area contributed by atoms with Crippen molar-refractivity contribution in [2.24, 2.45) is 29.4 Å². The summed E-state index contributed by atoms with van der Waals surface area (Å²) in [5, 5.41) is 22.2. The SMILES string of the molecule is NC(=O)C1C(=O)C[C@@H]2C[C@@H]3Cc4ccc(CN5CCCCC5)c(O)c4C(=O)C3C(=O)[C@]2(O)C1=O. The Morgan fingerprint density at radius 2 is 1.76 bits per heavy atom. The number of benzene rings is 1. The van der Waals surface area contributed by atoms with Gasteiger partial charge in [-0.1, -0.05) is 18.6 Å². The van der Waals surface area contributed by atoms with E-state index in [9.17, 15) is 34.2 Å². The van der Waals surface area contributed by atoms with E-state index in [-0.39, 0.29) is 24.2 Å². The van der Waals surface area contributed by atoms with Crippen LogP contribution in [0.1, 0.15) is 53.6 Å². The molecule has 0 aromatic heterocycles. The summed E-state index contributed by atoms with van der Waals surface area (Å²) < 4.78 is 0. The van der Waals surface area contributed by atoms with Crippen LogP contribution in [0.2, 0.25) is 0 Å². The zero-order chi connectivity index (χ0) is 24.4. The predicted molar refractivity (Wildman–Crippen MR) is 118 cm³/mol. The molecule has 0 radical (unpaired) electrons. The van der Waals surface area contributed by atoms with Gasteiger partial charge in [0.05, 0.1) is 11.5 Å². The molecule has 1 aliphatic heterocycles. The smallest absolute Gasteiger partial charge is 0.235 e. The molecule has 2 unspecified atom stereocenters. The zero-order valence-electron chi connectivity index (χ0n) is 18.8. The number of aromatic hydroxyl groups is 1. The maximum atomic E-state index is 13.6. The topological polar surface area (TPSA) is 155 Å². The number of rotatable bonds is 3. The van der Waals surface area contributed by atoms with Gasteiger partial charge in [0.1, 0.15) is 5.75 Å². The van der Waals surface area contributed by atoms with Crippen molar-refractivity contribution in [1.29, 1.82) is 0 Å². The van der Waals surface area contributed by atoms with Crippen LogP contribution in [-0.2, 0) is 32.1 Å². The van der Waals surface area contributed by atoms with Crippen LogP contribution < -0.4 is 5.73 Å². The lowest BCUT2D eigenvalue weighted by Gasteiger charge is -2.48. The van der Waals surface area contributed by atoms with E-state index < -0.39 is 58.3 Å². The van der Waals surface area contributed by atoms with Crippen LogP contribution >= 0.6 is 0 Å². The van der Waals surface area contributed by atoms with E-state index in [0.717, 1.165) is 25.9 Å². The largest absolute Gasteiger partial charge is 0.507 e. The molecule has 9 nitrogen and oxygen atoms in total. The summed E-state index contributed by atoms with van der Waals surface area (Å²) in [6.07, 6.45) is 3.41. The molecule has 5 atom stereocenters. The average molecular weight is 469 g/mol. The second kappa shape index (κ2) is 8.09. The molecule has 1 heterocycles. The monoisotopic (exact) mass is 468 g/mol. The molecule has 1 saturated heterocycles. The number of nitrogens with zero attached hydrogens (tertiary/aromatic N) is 1. The number of phenols is 1. The molecular weight excluding hydrogens is 440 g/mol. The molecule has 4 aliphatic rings. The number of nitrogens with two attached hydrogens (primary N) is 1. The number of piperidine rings is 1. The van der Waals surface area contributed by atoms with Gasteiger partial charge in [-0.15, -0.1) is 0 Å². The minimum Gasteiger partial charge on any atom is -0.507 e. The maximum Gasteiger partial charge on any atom is 0.235 e. The number of primary amides is 1. The van der Waals surface area contributed by atoms with Crippen molar-refractivity contribution in [2.45, 2.75) is 50.7 Å². The van der Waals surface area contributed by atoms with Crippen molar-refractivity contribution in [3.63, 3.8) is 0 Å². The van der Waals surface area contributed by atoms with E-state index >= 15 is 0 Å². The van der Waals surface area contributed by atoms with Crippen molar-refractivity contribution in [3.8, 4) is 5.75 Å². The Morgan fingerprint density at radius 1 is 1.06 bits per heavy atom. The second-order valence-corrected chi connectivity index (χ2v) is 10.2.